The van der Waals surface area contributed by atoms with E-state index in [1.165, 1.54) is 0 Å². The average molecular weight is 531 g/mol. The van der Waals surface area contributed by atoms with Gasteiger partial charge in [0.25, 0.3) is 0 Å². The van der Waals surface area contributed by atoms with Gasteiger partial charge in [-0.25, -0.2) is 4.98 Å². The number of nitrogens with one attached hydrogen (secondary N) is 2. The van der Waals surface area contributed by atoms with Crippen LogP contribution in [-0.4, -0.2) is 69.7 Å². The number of hydrogen-bond donors (Lipinski definition) is 3. The van der Waals surface area contributed by atoms with Crippen LogP contribution in [0.15, 0.2) is 48.1 Å². The first-order chi connectivity index (χ1) is 18.5. The lowest BCUT2D eigenvalue weighted by Crippen LogP contribution is -2.46. The third kappa shape index (κ3) is 5.29. The summed E-state index contributed by atoms with van der Waals surface area (Å²) in [4.78, 5) is 26.6. The van der Waals surface area contributed by atoms with Crippen LogP contribution in [0.5, 0.6) is 0 Å². The number of rotatable bonds is 7. The van der Waals surface area contributed by atoms with E-state index in [-0.39, 0.29) is 17.9 Å². The van der Waals surface area contributed by atoms with Crippen molar-refractivity contribution >= 4 is 39.0 Å². The number of amides is 1. The molecule has 0 aliphatic carbocycles. The highest BCUT2D eigenvalue weighted by molar-refractivity contribution is 7.13. The fourth-order valence-electron chi connectivity index (χ4n) is 5.80. The molecule has 5 heterocycles. The van der Waals surface area contributed by atoms with Gasteiger partial charge in [-0.3, -0.25) is 14.9 Å². The van der Waals surface area contributed by atoms with E-state index in [2.05, 4.69) is 35.3 Å². The number of aryl methyl sites for hydroxylation is 1. The van der Waals surface area contributed by atoms with Crippen molar-refractivity contribution in [2.45, 2.75) is 32.2 Å². The number of nitrogens with zero attached hydrogens (tertiary/aromatic N) is 5. The van der Waals surface area contributed by atoms with Crippen molar-refractivity contribution in [2.24, 2.45) is 17.6 Å². The van der Waals surface area contributed by atoms with E-state index >= 15 is 0 Å². The Bertz CT molecular complexity index is 1400. The number of H-pyrrole nitrogens is 1. The van der Waals surface area contributed by atoms with Crippen LogP contribution >= 0.6 is 11.3 Å². The molecular weight excluding hydrogens is 496 g/mol. The molecule has 0 radical (unpaired) electrons. The zero-order chi connectivity index (χ0) is 26.1. The van der Waals surface area contributed by atoms with Gasteiger partial charge in [0.1, 0.15) is 5.69 Å². The monoisotopic (exact) mass is 530 g/mol. The molecule has 6 rings (SSSR count). The second-order valence-corrected chi connectivity index (χ2v) is 11.4. The molecule has 2 aliphatic rings. The molecule has 2 saturated heterocycles. The van der Waals surface area contributed by atoms with Gasteiger partial charge in [-0.2, -0.15) is 5.10 Å². The Morgan fingerprint density at radius 3 is 2.82 bits per heavy atom. The van der Waals surface area contributed by atoms with Crippen LogP contribution in [0.3, 0.4) is 0 Å². The predicted octanol–water partition coefficient (Wildman–Crippen LogP) is 3.89. The Morgan fingerprint density at radius 2 is 2.03 bits per heavy atom. The molecule has 198 valence electrons. The number of fused-ring (bicyclic) bond motifs is 1. The van der Waals surface area contributed by atoms with Gasteiger partial charge >= 0.3 is 0 Å². The highest BCUT2D eigenvalue weighted by atomic mass is 32.1. The maximum Gasteiger partial charge on any atom is 0.228 e. The maximum atomic E-state index is 13.2. The van der Waals surface area contributed by atoms with E-state index < -0.39 is 0 Å². The smallest absolute Gasteiger partial charge is 0.228 e. The van der Waals surface area contributed by atoms with Crippen LogP contribution < -0.4 is 16.0 Å². The Kier molecular flexibility index (Phi) is 7.10. The molecule has 2 fully saturated rings. The van der Waals surface area contributed by atoms with Crippen molar-refractivity contribution in [1.82, 2.24) is 25.1 Å². The summed E-state index contributed by atoms with van der Waals surface area (Å²) < 4.78 is 0. The minimum atomic E-state index is -0.0312. The van der Waals surface area contributed by atoms with Crippen molar-refractivity contribution < 1.29 is 4.79 Å². The van der Waals surface area contributed by atoms with Gasteiger partial charge in [0, 0.05) is 72.3 Å². The van der Waals surface area contributed by atoms with Gasteiger partial charge in [-0.1, -0.05) is 0 Å². The minimum absolute atomic E-state index is 0.0312. The van der Waals surface area contributed by atoms with Gasteiger partial charge in [0.05, 0.1) is 11.4 Å². The molecule has 0 saturated carbocycles. The second kappa shape index (κ2) is 10.8. The Balaban J connectivity index is 1.03. The van der Waals surface area contributed by atoms with E-state index in [4.69, 9.17) is 5.73 Å². The van der Waals surface area contributed by atoms with Gasteiger partial charge in [-0.05, 0) is 69.0 Å². The van der Waals surface area contributed by atoms with E-state index in [1.54, 1.807) is 17.5 Å². The number of aromatic amines is 1. The molecule has 2 atom stereocenters. The summed E-state index contributed by atoms with van der Waals surface area (Å²) in [5.41, 5.74) is 11.2. The Morgan fingerprint density at radius 1 is 1.16 bits per heavy atom. The third-order valence-corrected chi connectivity index (χ3v) is 8.78. The normalized spacial score (nSPS) is 19.7. The summed E-state index contributed by atoms with van der Waals surface area (Å²) in [5, 5.41) is 14.9. The third-order valence-electron chi connectivity index (χ3n) is 7.95. The molecule has 38 heavy (non-hydrogen) atoms. The molecule has 3 aromatic heterocycles. The van der Waals surface area contributed by atoms with E-state index in [1.807, 2.05) is 48.8 Å². The Hall–Kier alpha value is -3.34. The number of anilines is 2. The summed E-state index contributed by atoms with van der Waals surface area (Å²) in [6, 6.07) is 10.0. The number of hydrogen-bond acceptors (Lipinski definition) is 8. The van der Waals surface area contributed by atoms with E-state index in [0.29, 0.717) is 5.92 Å². The zero-order valence-corrected chi connectivity index (χ0v) is 22.5. The first kappa shape index (κ1) is 25.0. The SMILES string of the molecule is Cc1cc(-c2n[nH]c3ccc(NC(=O)C4CCN(CC(N)C5CCN(c6nccs6)CC5)C4)cc23)ccn1. The molecule has 0 spiro atoms. The molecule has 9 nitrogen and oxygen atoms in total. The van der Waals surface area contributed by atoms with E-state index in [9.17, 15) is 4.79 Å². The predicted molar refractivity (Wildman–Crippen MR) is 152 cm³/mol. The largest absolute Gasteiger partial charge is 0.348 e. The molecule has 4 aromatic rings. The number of carbonyl (C=O) groups is 1. The summed E-state index contributed by atoms with van der Waals surface area (Å²) in [6.07, 6.45) is 6.71. The van der Waals surface area contributed by atoms with Crippen LogP contribution in [0.2, 0.25) is 0 Å². The Labute approximate surface area is 226 Å². The molecule has 1 aromatic carbocycles. The fourth-order valence-corrected chi connectivity index (χ4v) is 6.50. The first-order valence-electron chi connectivity index (χ1n) is 13.4. The summed E-state index contributed by atoms with van der Waals surface area (Å²) in [6.45, 7) is 6.51. The van der Waals surface area contributed by atoms with Crippen molar-refractivity contribution in [3.63, 3.8) is 0 Å². The van der Waals surface area contributed by atoms with Crippen LogP contribution in [0, 0.1) is 18.8 Å². The standard InChI is InChI=1S/C28H34N8OS/c1-18-14-20(4-8-30-18)26-23-15-22(2-3-25(23)33-34-26)32-27(37)21-5-10-35(16-21)17-24(29)19-6-11-36(12-7-19)28-31-9-13-38-28/h2-4,8-9,13-15,19,21,24H,5-7,10-12,16-17,29H2,1H3,(H,32,37)(H,33,34). The zero-order valence-electron chi connectivity index (χ0n) is 21.6. The molecule has 0 bridgehead atoms. The van der Waals surface area contributed by atoms with E-state index in [0.717, 1.165) is 90.7 Å². The highest BCUT2D eigenvalue weighted by Gasteiger charge is 2.32. The number of thiazole rings is 1. The topological polar surface area (TPSA) is 116 Å². The second-order valence-electron chi connectivity index (χ2n) is 10.6. The quantitative estimate of drug-likeness (QED) is 0.332. The lowest BCUT2D eigenvalue weighted by molar-refractivity contribution is -0.119. The van der Waals surface area contributed by atoms with Crippen LogP contribution in [-0.2, 0) is 4.79 Å². The first-order valence-corrected chi connectivity index (χ1v) is 14.3. The molecule has 10 heteroatoms. The molecule has 2 aliphatic heterocycles. The summed E-state index contributed by atoms with van der Waals surface area (Å²) in [5.74, 6) is 0.553. The van der Waals surface area contributed by atoms with Crippen LogP contribution in [0.4, 0.5) is 10.8 Å². The lowest BCUT2D eigenvalue weighted by atomic mass is 9.90. The van der Waals surface area contributed by atoms with Crippen molar-refractivity contribution in [1.29, 1.82) is 0 Å². The summed E-state index contributed by atoms with van der Waals surface area (Å²) >= 11 is 1.70. The van der Waals surface area contributed by atoms with Crippen molar-refractivity contribution in [3.8, 4) is 11.3 Å². The van der Waals surface area contributed by atoms with Crippen LogP contribution in [0.1, 0.15) is 25.0 Å². The number of pyridine rings is 1. The van der Waals surface area contributed by atoms with Gasteiger partial charge < -0.3 is 20.9 Å². The average Bonchev–Trinajstić information content (AvgIpc) is 3.70. The van der Waals surface area contributed by atoms with Gasteiger partial charge in [0.2, 0.25) is 5.91 Å². The van der Waals surface area contributed by atoms with Crippen molar-refractivity contribution in [3.05, 3.63) is 53.8 Å². The van der Waals surface area contributed by atoms with Gasteiger partial charge in [-0.15, -0.1) is 11.3 Å². The lowest BCUT2D eigenvalue weighted by Gasteiger charge is -2.35. The molecule has 2 unspecified atom stereocenters. The minimum Gasteiger partial charge on any atom is -0.348 e. The fraction of sp³-hybridized carbons (Fsp3) is 0.429. The summed E-state index contributed by atoms with van der Waals surface area (Å²) in [7, 11) is 0. The number of carbonyl (C=O) groups excluding carboxylic acids is 1. The van der Waals surface area contributed by atoms with Crippen LogP contribution in [0.25, 0.3) is 22.2 Å². The number of likely N-dealkylation sites (tertiary alicyclic amines) is 1. The van der Waals surface area contributed by atoms with Crippen molar-refractivity contribution in [2.75, 3.05) is 42.9 Å². The molecule has 1 amide bonds. The molecular formula is C28H34N8OS. The number of benzene rings is 1. The maximum absolute atomic E-state index is 13.2. The van der Waals surface area contributed by atoms with Gasteiger partial charge in [0.15, 0.2) is 5.13 Å². The molecule has 4 N–H and O–H groups in total. The number of nitrogens with two attached hydrogens (primary N) is 1. The number of aromatic nitrogens is 4. The number of piperidine rings is 1. The highest BCUT2D eigenvalue weighted by Crippen LogP contribution is 2.30.